The normalized spacial score (nSPS) is 14.8. The minimum absolute atomic E-state index is 0.324. The summed E-state index contributed by atoms with van der Waals surface area (Å²) in [5, 5.41) is 6.79. The highest BCUT2D eigenvalue weighted by Crippen LogP contribution is 2.42. The second-order valence-corrected chi connectivity index (χ2v) is 14.6. The van der Waals surface area contributed by atoms with Gasteiger partial charge in [0.05, 0.1) is 29.6 Å². The van der Waals surface area contributed by atoms with Gasteiger partial charge in [-0.2, -0.15) is 18.9 Å². The molecule has 0 atom stereocenters. The first-order chi connectivity index (χ1) is 14.2. The fourth-order valence-electron chi connectivity index (χ4n) is 3.16. The quantitative estimate of drug-likeness (QED) is 0.389. The summed E-state index contributed by atoms with van der Waals surface area (Å²) in [6, 6.07) is 1.09. The fourth-order valence-corrected chi connectivity index (χ4v) is 3.92. The Morgan fingerprint density at radius 2 is 2.03 bits per heavy atom. The fraction of sp³-hybridized carbons (Fsp3) is 0.579. The Labute approximate surface area is 174 Å². The maximum atomic E-state index is 13.0. The lowest BCUT2D eigenvalue weighted by atomic mass is 10.2. The summed E-state index contributed by atoms with van der Waals surface area (Å²) in [5.41, 5.74) is 3.12. The van der Waals surface area contributed by atoms with Crippen LogP contribution < -0.4 is 5.32 Å². The summed E-state index contributed by atoms with van der Waals surface area (Å²) in [6.07, 6.45) is 5.22. The molecule has 1 N–H and O–H groups in total. The van der Waals surface area contributed by atoms with Crippen LogP contribution in [0.4, 0.5) is 20.4 Å². The van der Waals surface area contributed by atoms with Crippen LogP contribution in [0.15, 0.2) is 12.5 Å². The summed E-state index contributed by atoms with van der Waals surface area (Å²) < 4.78 is 34.4. The Kier molecular flexibility index (Phi) is 5.58. The van der Waals surface area contributed by atoms with E-state index >= 15 is 0 Å². The maximum Gasteiger partial charge on any atom is 0.333 e. The summed E-state index contributed by atoms with van der Waals surface area (Å²) in [7, 11) is -1.16. The minimum Gasteiger partial charge on any atom is -0.361 e. The molecule has 162 valence electrons. The number of fused-ring (bicyclic) bond motifs is 1. The van der Waals surface area contributed by atoms with Crippen molar-refractivity contribution in [3.63, 3.8) is 0 Å². The van der Waals surface area contributed by atoms with Crippen molar-refractivity contribution in [1.82, 2.24) is 29.3 Å². The largest absolute Gasteiger partial charge is 0.361 e. The van der Waals surface area contributed by atoms with Crippen LogP contribution in [-0.2, 0) is 11.5 Å². The Morgan fingerprint density at radius 1 is 1.27 bits per heavy atom. The molecular formula is C19H27F2N7OSi. The van der Waals surface area contributed by atoms with E-state index < -0.39 is 14.6 Å². The molecule has 0 amide bonds. The van der Waals surface area contributed by atoms with Crippen LogP contribution in [0.25, 0.3) is 11.2 Å². The molecule has 8 nitrogen and oxygen atoms in total. The van der Waals surface area contributed by atoms with Crippen LogP contribution >= 0.6 is 0 Å². The van der Waals surface area contributed by atoms with Crippen molar-refractivity contribution in [2.45, 2.75) is 64.6 Å². The van der Waals surface area contributed by atoms with Gasteiger partial charge in [-0.25, -0.2) is 14.6 Å². The topological polar surface area (TPSA) is 82.7 Å². The molecule has 3 heterocycles. The van der Waals surface area contributed by atoms with Crippen LogP contribution in [0.2, 0.25) is 25.7 Å². The smallest absolute Gasteiger partial charge is 0.333 e. The van der Waals surface area contributed by atoms with Gasteiger partial charge in [0.25, 0.3) is 0 Å². The third kappa shape index (κ3) is 4.51. The molecule has 4 rings (SSSR count). The third-order valence-electron chi connectivity index (χ3n) is 5.16. The molecule has 11 heteroatoms. The second-order valence-electron chi connectivity index (χ2n) is 8.93. The van der Waals surface area contributed by atoms with Gasteiger partial charge in [0.2, 0.25) is 5.95 Å². The summed E-state index contributed by atoms with van der Waals surface area (Å²) in [4.78, 5) is 13.8. The number of nitrogens with zero attached hydrogens (tertiary/aromatic N) is 6. The summed E-state index contributed by atoms with van der Waals surface area (Å²) in [5.74, 6) is 0.710. The number of imidazole rings is 1. The third-order valence-corrected chi connectivity index (χ3v) is 6.86. The predicted octanol–water partition coefficient (Wildman–Crippen LogP) is 4.66. The first-order valence-corrected chi connectivity index (χ1v) is 13.8. The van der Waals surface area contributed by atoms with Gasteiger partial charge in [-0.1, -0.05) is 19.6 Å². The Bertz CT molecular complexity index is 1040. The zero-order valence-electron chi connectivity index (χ0n) is 17.7. The highest BCUT2D eigenvalue weighted by Gasteiger charge is 2.30. The average Bonchev–Trinajstić information content (AvgIpc) is 3.34. The van der Waals surface area contributed by atoms with Gasteiger partial charge in [0, 0.05) is 20.6 Å². The lowest BCUT2D eigenvalue weighted by Crippen LogP contribution is -2.22. The molecule has 1 fully saturated rings. The lowest BCUT2D eigenvalue weighted by Gasteiger charge is -2.15. The minimum atomic E-state index is -2.69. The van der Waals surface area contributed by atoms with E-state index in [1.54, 1.807) is 13.3 Å². The maximum absolute atomic E-state index is 13.0. The van der Waals surface area contributed by atoms with Crippen molar-refractivity contribution in [2.75, 3.05) is 11.9 Å². The molecule has 0 aromatic carbocycles. The van der Waals surface area contributed by atoms with Crippen molar-refractivity contribution in [3.8, 4) is 0 Å². The van der Waals surface area contributed by atoms with Gasteiger partial charge in [0.1, 0.15) is 12.2 Å². The molecule has 3 aromatic rings. The van der Waals surface area contributed by atoms with E-state index in [0.717, 1.165) is 30.1 Å². The number of hydrogen-bond acceptors (Lipinski definition) is 6. The first-order valence-electron chi connectivity index (χ1n) is 10.1. The molecule has 0 saturated heterocycles. The summed E-state index contributed by atoms with van der Waals surface area (Å²) >= 11 is 0. The number of nitrogens with one attached hydrogen (secondary N) is 1. The Hall–Kier alpha value is -2.40. The van der Waals surface area contributed by atoms with Crippen molar-refractivity contribution in [1.29, 1.82) is 0 Å². The molecule has 1 aliphatic carbocycles. The highest BCUT2D eigenvalue weighted by molar-refractivity contribution is 6.76. The number of hydrogen-bond donors (Lipinski definition) is 1. The number of rotatable bonds is 9. The van der Waals surface area contributed by atoms with E-state index in [1.807, 2.05) is 4.57 Å². The molecule has 30 heavy (non-hydrogen) atoms. The molecule has 1 aliphatic rings. The van der Waals surface area contributed by atoms with Gasteiger partial charge < -0.3 is 10.1 Å². The van der Waals surface area contributed by atoms with Crippen molar-refractivity contribution in [2.24, 2.45) is 0 Å². The average molecular weight is 436 g/mol. The number of aromatic nitrogens is 6. The van der Waals surface area contributed by atoms with Gasteiger partial charge in [-0.05, 0) is 25.8 Å². The zero-order valence-corrected chi connectivity index (χ0v) is 18.7. The van der Waals surface area contributed by atoms with Crippen LogP contribution in [0.1, 0.15) is 36.7 Å². The monoisotopic (exact) mass is 435 g/mol. The Morgan fingerprint density at radius 3 is 2.67 bits per heavy atom. The van der Waals surface area contributed by atoms with Crippen molar-refractivity contribution >= 4 is 30.9 Å². The zero-order chi connectivity index (χ0) is 21.5. The second kappa shape index (κ2) is 8.03. The van der Waals surface area contributed by atoms with Gasteiger partial charge in [-0.15, -0.1) is 0 Å². The number of halogens is 2. The molecule has 0 radical (unpaired) electrons. The van der Waals surface area contributed by atoms with Gasteiger partial charge >= 0.3 is 6.55 Å². The molecule has 0 spiro atoms. The van der Waals surface area contributed by atoms with E-state index in [2.05, 4.69) is 45.0 Å². The van der Waals surface area contributed by atoms with E-state index in [9.17, 15) is 8.78 Å². The highest BCUT2D eigenvalue weighted by atomic mass is 28.3. The van der Waals surface area contributed by atoms with Crippen LogP contribution in [0.3, 0.4) is 0 Å². The molecule has 0 bridgehead atoms. The summed E-state index contributed by atoms with van der Waals surface area (Å²) in [6.45, 7) is 6.90. The van der Waals surface area contributed by atoms with E-state index in [-0.39, 0.29) is 0 Å². The first kappa shape index (κ1) is 20.9. The Balaban J connectivity index is 1.59. The van der Waals surface area contributed by atoms with Crippen molar-refractivity contribution < 1.29 is 13.5 Å². The van der Waals surface area contributed by atoms with Crippen LogP contribution in [0.5, 0.6) is 0 Å². The van der Waals surface area contributed by atoms with Crippen molar-refractivity contribution in [3.05, 3.63) is 23.9 Å². The van der Waals surface area contributed by atoms with Crippen LogP contribution in [-0.4, -0.2) is 44.0 Å². The molecule has 0 aliphatic heterocycles. The standard InChI is InChI=1S/C19H27F2N7OSi/c1-12-14(9-23-28(12)18(20)21)24-19-25-15(13-5-6-13)16-17(26-19)27(10-22-16)11-29-7-8-30(2,3)4/h9-10,13,18H,5-8,11H2,1-4H3,(H,24,25,26). The van der Waals surface area contributed by atoms with E-state index in [0.29, 0.717) is 46.9 Å². The van der Waals surface area contributed by atoms with Crippen LogP contribution in [0, 0.1) is 6.92 Å². The van der Waals surface area contributed by atoms with Gasteiger partial charge in [-0.3, -0.25) is 4.57 Å². The van der Waals surface area contributed by atoms with Gasteiger partial charge in [0.15, 0.2) is 5.65 Å². The SMILES string of the molecule is Cc1c(Nc2nc(C3CC3)c3ncn(COCC[Si](C)(C)C)c3n2)cnn1C(F)F. The van der Waals surface area contributed by atoms with E-state index in [1.165, 1.54) is 6.20 Å². The van der Waals surface area contributed by atoms with E-state index in [4.69, 9.17) is 4.74 Å². The molecule has 0 unspecified atom stereocenters. The number of alkyl halides is 2. The molecule has 1 saturated carbocycles. The molecular weight excluding hydrogens is 408 g/mol. The molecule has 3 aromatic heterocycles. The predicted molar refractivity (Wildman–Crippen MR) is 113 cm³/mol. The number of anilines is 2. The number of ether oxygens (including phenoxy) is 1. The lowest BCUT2D eigenvalue weighted by molar-refractivity contribution is 0.0545.